The molecule has 0 aliphatic heterocycles. The molecule has 0 bridgehead atoms. The number of nitriles is 1. The zero-order chi connectivity index (χ0) is 16.8. The lowest BCUT2D eigenvalue weighted by atomic mass is 10.1. The number of hydrogen-bond acceptors (Lipinski definition) is 5. The summed E-state index contributed by atoms with van der Waals surface area (Å²) in [6.45, 7) is 2.13. The molecular formula is C19H17N5. The Morgan fingerprint density at radius 3 is 2.29 bits per heavy atom. The zero-order valence-corrected chi connectivity index (χ0v) is 13.3. The van der Waals surface area contributed by atoms with Crippen LogP contribution in [0.2, 0.25) is 0 Å². The quantitative estimate of drug-likeness (QED) is 0.730. The topological polar surface area (TPSA) is 73.6 Å². The highest BCUT2D eigenvalue weighted by molar-refractivity contribution is 5.63. The Hall–Kier alpha value is -3.39. The molecule has 2 N–H and O–H groups in total. The second-order valence-corrected chi connectivity index (χ2v) is 5.28. The molecule has 3 aromatic rings. The van der Waals surface area contributed by atoms with E-state index in [0.29, 0.717) is 17.2 Å². The number of nitrogens with zero attached hydrogens (tertiary/aromatic N) is 3. The lowest BCUT2D eigenvalue weighted by molar-refractivity contribution is 1.14. The molecule has 1 aromatic heterocycles. The van der Waals surface area contributed by atoms with Crippen LogP contribution >= 0.6 is 0 Å². The van der Waals surface area contributed by atoms with Gasteiger partial charge in [0.15, 0.2) is 0 Å². The summed E-state index contributed by atoms with van der Waals surface area (Å²) in [5.41, 5.74) is 3.68. The highest BCUT2D eigenvalue weighted by Gasteiger charge is 2.02. The summed E-state index contributed by atoms with van der Waals surface area (Å²) in [6.07, 6.45) is 2.52. The predicted octanol–water partition coefficient (Wildman–Crippen LogP) is 4.40. The van der Waals surface area contributed by atoms with Crippen LogP contribution in [0.5, 0.6) is 0 Å². The van der Waals surface area contributed by atoms with E-state index >= 15 is 0 Å². The van der Waals surface area contributed by atoms with Gasteiger partial charge >= 0.3 is 0 Å². The first-order valence-corrected chi connectivity index (χ1v) is 7.72. The summed E-state index contributed by atoms with van der Waals surface area (Å²) in [6, 6.07) is 19.5. The van der Waals surface area contributed by atoms with Crippen molar-refractivity contribution in [3.8, 4) is 6.07 Å². The van der Waals surface area contributed by atoms with Gasteiger partial charge in [0, 0.05) is 17.4 Å². The molecule has 0 fully saturated rings. The number of anilines is 4. The molecule has 0 spiro atoms. The van der Waals surface area contributed by atoms with E-state index in [0.717, 1.165) is 17.8 Å². The molecule has 0 unspecified atom stereocenters. The Labute approximate surface area is 141 Å². The average Bonchev–Trinajstić information content (AvgIpc) is 2.63. The first kappa shape index (κ1) is 15.5. The van der Waals surface area contributed by atoms with Gasteiger partial charge in [-0.05, 0) is 42.3 Å². The number of aryl methyl sites for hydroxylation is 1. The van der Waals surface area contributed by atoms with Gasteiger partial charge in [0.1, 0.15) is 18.0 Å². The minimum Gasteiger partial charge on any atom is -0.340 e. The first-order valence-electron chi connectivity index (χ1n) is 7.72. The summed E-state index contributed by atoms with van der Waals surface area (Å²) in [4.78, 5) is 8.45. The van der Waals surface area contributed by atoms with Gasteiger partial charge < -0.3 is 10.6 Å². The molecule has 5 nitrogen and oxygen atoms in total. The zero-order valence-electron chi connectivity index (χ0n) is 13.3. The summed E-state index contributed by atoms with van der Waals surface area (Å²) in [5, 5.41) is 15.4. The molecule has 0 aliphatic carbocycles. The largest absolute Gasteiger partial charge is 0.340 e. The van der Waals surface area contributed by atoms with E-state index in [2.05, 4.69) is 45.7 Å². The fourth-order valence-electron chi connectivity index (χ4n) is 2.28. The Bertz CT molecular complexity index is 865. The number of benzene rings is 2. The fraction of sp³-hybridized carbons (Fsp3) is 0.105. The fourth-order valence-corrected chi connectivity index (χ4v) is 2.28. The molecular weight excluding hydrogens is 298 g/mol. The van der Waals surface area contributed by atoms with Crippen LogP contribution in [0, 0.1) is 11.3 Å². The maximum atomic E-state index is 8.96. The molecule has 0 atom stereocenters. The van der Waals surface area contributed by atoms with E-state index in [1.165, 1.54) is 11.9 Å². The van der Waals surface area contributed by atoms with Crippen LogP contribution in [-0.4, -0.2) is 9.97 Å². The number of nitrogens with one attached hydrogen (secondary N) is 2. The lowest BCUT2D eigenvalue weighted by Crippen LogP contribution is -1.98. The highest BCUT2D eigenvalue weighted by atomic mass is 15.1. The van der Waals surface area contributed by atoms with Crippen LogP contribution in [0.4, 0.5) is 23.0 Å². The van der Waals surface area contributed by atoms with Gasteiger partial charge in [-0.25, -0.2) is 9.97 Å². The van der Waals surface area contributed by atoms with Crippen molar-refractivity contribution in [3.63, 3.8) is 0 Å². The molecule has 2 aromatic carbocycles. The van der Waals surface area contributed by atoms with E-state index < -0.39 is 0 Å². The third-order valence-electron chi connectivity index (χ3n) is 3.57. The molecule has 0 aliphatic rings. The van der Waals surface area contributed by atoms with Crippen molar-refractivity contribution in [2.45, 2.75) is 13.3 Å². The number of aromatic nitrogens is 2. The van der Waals surface area contributed by atoms with Crippen LogP contribution in [0.15, 0.2) is 60.9 Å². The maximum absolute atomic E-state index is 8.96. The van der Waals surface area contributed by atoms with Crippen LogP contribution in [0.1, 0.15) is 18.1 Å². The van der Waals surface area contributed by atoms with Gasteiger partial charge in [-0.3, -0.25) is 0 Å². The van der Waals surface area contributed by atoms with Crippen molar-refractivity contribution in [1.29, 1.82) is 5.26 Å². The minimum atomic E-state index is 0.600. The normalized spacial score (nSPS) is 10.0. The summed E-state index contributed by atoms with van der Waals surface area (Å²) in [5.74, 6) is 1.36. The standard InChI is InChI=1S/C19H17N5/c1-2-14-6-8-16(9-7-14)23-18-11-19(22-13-21-18)24-17-5-3-4-15(10-17)12-20/h3-11,13H,2H2,1H3,(H2,21,22,23,24). The Morgan fingerprint density at radius 2 is 1.62 bits per heavy atom. The third kappa shape index (κ3) is 3.87. The van der Waals surface area contributed by atoms with Crippen LogP contribution in [0.3, 0.4) is 0 Å². The van der Waals surface area contributed by atoms with Crippen molar-refractivity contribution < 1.29 is 0 Å². The van der Waals surface area contributed by atoms with Gasteiger partial charge in [-0.15, -0.1) is 0 Å². The third-order valence-corrected chi connectivity index (χ3v) is 3.57. The molecule has 3 rings (SSSR count). The van der Waals surface area contributed by atoms with E-state index in [9.17, 15) is 0 Å². The molecule has 0 amide bonds. The Kier molecular flexibility index (Phi) is 4.68. The summed E-state index contributed by atoms with van der Waals surface area (Å²) < 4.78 is 0. The van der Waals surface area contributed by atoms with Crippen molar-refractivity contribution in [2.24, 2.45) is 0 Å². The monoisotopic (exact) mass is 315 g/mol. The molecule has 1 heterocycles. The minimum absolute atomic E-state index is 0.600. The van der Waals surface area contributed by atoms with E-state index in [-0.39, 0.29) is 0 Å². The number of rotatable bonds is 5. The summed E-state index contributed by atoms with van der Waals surface area (Å²) >= 11 is 0. The molecule has 0 saturated heterocycles. The molecule has 5 heteroatoms. The second-order valence-electron chi connectivity index (χ2n) is 5.28. The highest BCUT2D eigenvalue weighted by Crippen LogP contribution is 2.20. The van der Waals surface area contributed by atoms with Crippen LogP contribution in [0.25, 0.3) is 0 Å². The van der Waals surface area contributed by atoms with Crippen LogP contribution < -0.4 is 10.6 Å². The molecule has 0 saturated carbocycles. The Balaban J connectivity index is 1.74. The van der Waals surface area contributed by atoms with Crippen molar-refractivity contribution in [1.82, 2.24) is 9.97 Å². The molecule has 24 heavy (non-hydrogen) atoms. The smallest absolute Gasteiger partial charge is 0.135 e. The lowest BCUT2D eigenvalue weighted by Gasteiger charge is -2.09. The average molecular weight is 315 g/mol. The van der Waals surface area contributed by atoms with Gasteiger partial charge in [-0.1, -0.05) is 25.1 Å². The Morgan fingerprint density at radius 1 is 0.917 bits per heavy atom. The van der Waals surface area contributed by atoms with Gasteiger partial charge in [0.05, 0.1) is 11.6 Å². The van der Waals surface area contributed by atoms with Gasteiger partial charge in [0.25, 0.3) is 0 Å². The molecule has 0 radical (unpaired) electrons. The van der Waals surface area contributed by atoms with Crippen molar-refractivity contribution in [3.05, 3.63) is 72.1 Å². The first-order chi connectivity index (χ1) is 11.8. The number of hydrogen-bond donors (Lipinski definition) is 2. The predicted molar refractivity (Wildman–Crippen MR) is 95.6 cm³/mol. The van der Waals surface area contributed by atoms with E-state index in [4.69, 9.17) is 5.26 Å². The van der Waals surface area contributed by atoms with Crippen LogP contribution in [-0.2, 0) is 6.42 Å². The van der Waals surface area contributed by atoms with Crippen molar-refractivity contribution in [2.75, 3.05) is 10.6 Å². The maximum Gasteiger partial charge on any atom is 0.135 e. The van der Waals surface area contributed by atoms with Gasteiger partial charge in [-0.2, -0.15) is 5.26 Å². The van der Waals surface area contributed by atoms with E-state index in [1.54, 1.807) is 12.1 Å². The SMILES string of the molecule is CCc1ccc(Nc2cc(Nc3cccc(C#N)c3)ncn2)cc1. The second kappa shape index (κ2) is 7.25. The van der Waals surface area contributed by atoms with Crippen molar-refractivity contribution >= 4 is 23.0 Å². The molecule has 118 valence electrons. The summed E-state index contributed by atoms with van der Waals surface area (Å²) in [7, 11) is 0. The van der Waals surface area contributed by atoms with E-state index in [1.807, 2.05) is 30.3 Å². The van der Waals surface area contributed by atoms with Gasteiger partial charge in [0.2, 0.25) is 0 Å².